The molecule has 2 rings (SSSR count). The number of esters is 1. The number of aliphatic hydroxyl groups excluding tert-OH is 1. The summed E-state index contributed by atoms with van der Waals surface area (Å²) in [7, 11) is 0. The first-order valence-electron chi connectivity index (χ1n) is 5.01. The minimum Gasteiger partial charge on any atom is -0.450 e. The molecule has 0 radical (unpaired) electrons. The minimum absolute atomic E-state index is 0.327. The number of rotatable bonds is 2. The van der Waals surface area contributed by atoms with Crippen LogP contribution in [0.1, 0.15) is 17.2 Å². The summed E-state index contributed by atoms with van der Waals surface area (Å²) >= 11 is 6.36. The third-order valence-corrected chi connectivity index (χ3v) is 4.71. The molecule has 0 aromatic heterocycles. The molecule has 5 heteroatoms. The Balaban J connectivity index is 2.25. The molecule has 0 aliphatic carbocycles. The molecule has 0 amide bonds. The van der Waals surface area contributed by atoms with Crippen molar-refractivity contribution in [3.63, 3.8) is 0 Å². The van der Waals surface area contributed by atoms with Gasteiger partial charge in [-0.2, -0.15) is 0 Å². The predicted octanol–water partition coefficient (Wildman–Crippen LogP) is 2.96. The Bertz CT molecular complexity index is 479. The number of hydrogen-bond donors (Lipinski definition) is 1. The van der Waals surface area contributed by atoms with E-state index in [0.29, 0.717) is 14.5 Å². The zero-order valence-electron chi connectivity index (χ0n) is 8.98. The molecule has 0 bridgehead atoms. The van der Waals surface area contributed by atoms with E-state index in [2.05, 4.69) is 31.9 Å². The SMILES string of the molecule is Cc1ccc([C@@H](O)[C@H]2OC(=O)C(Br)=C2Br)cc1. The summed E-state index contributed by atoms with van der Waals surface area (Å²) in [5.74, 6) is -0.465. The first-order chi connectivity index (χ1) is 8.00. The van der Waals surface area contributed by atoms with Crippen molar-refractivity contribution < 1.29 is 14.6 Å². The van der Waals surface area contributed by atoms with E-state index in [4.69, 9.17) is 4.74 Å². The second kappa shape index (κ2) is 4.92. The number of aryl methyl sites for hydroxylation is 1. The molecule has 1 aliphatic heterocycles. The smallest absolute Gasteiger partial charge is 0.346 e. The molecule has 0 saturated heterocycles. The molecule has 0 spiro atoms. The van der Waals surface area contributed by atoms with E-state index in [0.717, 1.165) is 5.56 Å². The molecule has 1 heterocycles. The summed E-state index contributed by atoms with van der Waals surface area (Å²) in [5.41, 5.74) is 1.83. The maximum absolute atomic E-state index is 11.3. The maximum atomic E-state index is 11.3. The third kappa shape index (κ3) is 2.46. The van der Waals surface area contributed by atoms with Crippen LogP contribution >= 0.6 is 31.9 Å². The standard InChI is InChI=1S/C12H10Br2O3/c1-6-2-4-7(5-3-6)10(15)11-8(13)9(14)12(16)17-11/h2-5,10-11,15H,1H3/t10-,11+/m1/s1. The maximum Gasteiger partial charge on any atom is 0.346 e. The highest BCUT2D eigenvalue weighted by Crippen LogP contribution is 2.37. The Morgan fingerprint density at radius 2 is 1.88 bits per heavy atom. The molecule has 3 nitrogen and oxygen atoms in total. The molecule has 90 valence electrons. The molecular weight excluding hydrogens is 352 g/mol. The van der Waals surface area contributed by atoms with Gasteiger partial charge < -0.3 is 9.84 Å². The van der Waals surface area contributed by atoms with Crippen molar-refractivity contribution in [3.05, 3.63) is 44.4 Å². The average Bonchev–Trinajstić information content (AvgIpc) is 2.57. The van der Waals surface area contributed by atoms with Gasteiger partial charge in [0.25, 0.3) is 0 Å². The van der Waals surface area contributed by atoms with Gasteiger partial charge >= 0.3 is 5.97 Å². The van der Waals surface area contributed by atoms with Crippen molar-refractivity contribution in [2.45, 2.75) is 19.1 Å². The third-order valence-electron chi connectivity index (χ3n) is 2.58. The van der Waals surface area contributed by atoms with Gasteiger partial charge in [-0.3, -0.25) is 0 Å². The van der Waals surface area contributed by atoms with Crippen LogP contribution in [0.4, 0.5) is 0 Å². The van der Waals surface area contributed by atoms with Crippen molar-refractivity contribution in [1.82, 2.24) is 0 Å². The quantitative estimate of drug-likeness (QED) is 0.824. The van der Waals surface area contributed by atoms with E-state index in [1.807, 2.05) is 31.2 Å². The highest BCUT2D eigenvalue weighted by Gasteiger charge is 2.36. The number of ether oxygens (including phenoxy) is 1. The number of carbonyl (C=O) groups is 1. The van der Waals surface area contributed by atoms with E-state index in [1.54, 1.807) is 0 Å². The fourth-order valence-electron chi connectivity index (χ4n) is 1.58. The second-order valence-electron chi connectivity index (χ2n) is 3.84. The van der Waals surface area contributed by atoms with Gasteiger partial charge in [0.1, 0.15) is 10.6 Å². The van der Waals surface area contributed by atoms with Gasteiger partial charge in [0.15, 0.2) is 6.10 Å². The normalized spacial score (nSPS) is 21.6. The molecule has 1 N–H and O–H groups in total. The molecule has 1 aliphatic rings. The fraction of sp³-hybridized carbons (Fsp3) is 0.250. The lowest BCUT2D eigenvalue weighted by Crippen LogP contribution is -2.20. The lowest BCUT2D eigenvalue weighted by atomic mass is 10.0. The fourth-order valence-corrected chi connectivity index (χ4v) is 2.41. The number of benzene rings is 1. The van der Waals surface area contributed by atoms with Gasteiger partial charge in [-0.1, -0.05) is 29.8 Å². The van der Waals surface area contributed by atoms with Crippen LogP contribution in [0.2, 0.25) is 0 Å². The number of aliphatic hydroxyl groups is 1. The van der Waals surface area contributed by atoms with Crippen LogP contribution in [0.3, 0.4) is 0 Å². The first kappa shape index (κ1) is 12.8. The molecule has 0 saturated carbocycles. The lowest BCUT2D eigenvalue weighted by Gasteiger charge is -2.18. The Hall–Kier alpha value is -0.650. The van der Waals surface area contributed by atoms with Crippen LogP contribution in [0.5, 0.6) is 0 Å². The predicted molar refractivity (Wildman–Crippen MR) is 70.9 cm³/mol. The number of halogens is 2. The lowest BCUT2D eigenvalue weighted by molar-refractivity contribution is -0.143. The van der Waals surface area contributed by atoms with E-state index in [-0.39, 0.29) is 0 Å². The second-order valence-corrected chi connectivity index (χ2v) is 5.49. The number of cyclic esters (lactones) is 1. The zero-order valence-corrected chi connectivity index (χ0v) is 12.2. The van der Waals surface area contributed by atoms with Crippen molar-refractivity contribution in [2.24, 2.45) is 0 Å². The van der Waals surface area contributed by atoms with Crippen LogP contribution in [-0.4, -0.2) is 17.2 Å². The molecule has 17 heavy (non-hydrogen) atoms. The van der Waals surface area contributed by atoms with Crippen molar-refractivity contribution in [2.75, 3.05) is 0 Å². The molecule has 1 aromatic rings. The zero-order chi connectivity index (χ0) is 12.6. The largest absolute Gasteiger partial charge is 0.450 e. The van der Waals surface area contributed by atoms with Crippen molar-refractivity contribution in [1.29, 1.82) is 0 Å². The topological polar surface area (TPSA) is 46.5 Å². The van der Waals surface area contributed by atoms with Gasteiger partial charge in [0, 0.05) is 0 Å². The highest BCUT2D eigenvalue weighted by molar-refractivity contribution is 9.14. The molecule has 0 unspecified atom stereocenters. The summed E-state index contributed by atoms with van der Waals surface area (Å²) in [6.45, 7) is 1.97. The molecular formula is C12H10Br2O3. The Morgan fingerprint density at radius 3 is 2.35 bits per heavy atom. The Kier molecular flexibility index (Phi) is 3.70. The summed E-state index contributed by atoms with van der Waals surface area (Å²) in [6, 6.07) is 7.45. The Morgan fingerprint density at radius 1 is 1.29 bits per heavy atom. The van der Waals surface area contributed by atoms with E-state index < -0.39 is 18.2 Å². The van der Waals surface area contributed by atoms with Gasteiger partial charge in [0.2, 0.25) is 0 Å². The molecule has 0 fully saturated rings. The van der Waals surface area contributed by atoms with Gasteiger partial charge in [0.05, 0.1) is 4.48 Å². The monoisotopic (exact) mass is 360 g/mol. The number of carbonyl (C=O) groups excluding carboxylic acids is 1. The summed E-state index contributed by atoms with van der Waals surface area (Å²) in [4.78, 5) is 11.3. The van der Waals surface area contributed by atoms with Crippen LogP contribution in [0, 0.1) is 6.92 Å². The molecule has 2 atom stereocenters. The summed E-state index contributed by atoms with van der Waals surface area (Å²) in [6.07, 6.45) is -1.55. The average molecular weight is 362 g/mol. The Labute approximate surface area is 116 Å². The van der Waals surface area contributed by atoms with E-state index in [1.165, 1.54) is 0 Å². The first-order valence-corrected chi connectivity index (χ1v) is 6.60. The minimum atomic E-state index is -0.871. The van der Waals surface area contributed by atoms with Crippen LogP contribution in [-0.2, 0) is 9.53 Å². The van der Waals surface area contributed by atoms with Crippen molar-refractivity contribution in [3.8, 4) is 0 Å². The van der Waals surface area contributed by atoms with Gasteiger partial charge in [-0.15, -0.1) is 0 Å². The summed E-state index contributed by atoms with van der Waals surface area (Å²) in [5, 5.41) is 10.2. The van der Waals surface area contributed by atoms with Crippen molar-refractivity contribution >= 4 is 37.8 Å². The van der Waals surface area contributed by atoms with Gasteiger partial charge in [-0.05, 0) is 44.3 Å². The highest BCUT2D eigenvalue weighted by atomic mass is 79.9. The summed E-state index contributed by atoms with van der Waals surface area (Å²) < 4.78 is 5.94. The van der Waals surface area contributed by atoms with E-state index >= 15 is 0 Å². The van der Waals surface area contributed by atoms with Crippen LogP contribution < -0.4 is 0 Å². The van der Waals surface area contributed by atoms with Gasteiger partial charge in [-0.25, -0.2) is 4.79 Å². The molecule has 1 aromatic carbocycles. The number of hydrogen-bond acceptors (Lipinski definition) is 3. The van der Waals surface area contributed by atoms with Crippen LogP contribution in [0.15, 0.2) is 33.2 Å². The van der Waals surface area contributed by atoms with Crippen LogP contribution in [0.25, 0.3) is 0 Å². The van der Waals surface area contributed by atoms with E-state index in [9.17, 15) is 9.90 Å².